The third-order valence-electron chi connectivity index (χ3n) is 5.20. The van der Waals surface area contributed by atoms with Crippen molar-refractivity contribution in [1.82, 2.24) is 40.0 Å². The third kappa shape index (κ3) is 50.4. The van der Waals surface area contributed by atoms with Crippen molar-refractivity contribution in [3.63, 3.8) is 0 Å². The molecule has 0 atom stereocenters. The number of thioether (sulfide) groups is 1. The Labute approximate surface area is 440 Å². The van der Waals surface area contributed by atoms with Crippen LogP contribution in [0.1, 0.15) is 47.0 Å². The number of hydrogen-bond donors (Lipinski definition) is 1. The topological polar surface area (TPSA) is 213 Å². The van der Waals surface area contributed by atoms with E-state index in [0.717, 1.165) is 49.0 Å². The van der Waals surface area contributed by atoms with E-state index in [0.29, 0.717) is 6.42 Å². The van der Waals surface area contributed by atoms with Gasteiger partial charge in [0.25, 0.3) is 0 Å². The van der Waals surface area contributed by atoms with Crippen molar-refractivity contribution >= 4 is 58.2 Å². The van der Waals surface area contributed by atoms with E-state index < -0.39 is 5.69 Å². The van der Waals surface area contributed by atoms with Crippen molar-refractivity contribution in [3.8, 4) is 0 Å². The fourth-order valence-corrected chi connectivity index (χ4v) is 4.09. The van der Waals surface area contributed by atoms with Gasteiger partial charge in [0, 0.05) is 187 Å². The van der Waals surface area contributed by atoms with Gasteiger partial charge in [-0.3, -0.25) is 29.4 Å². The third-order valence-corrected chi connectivity index (χ3v) is 6.96. The molecule has 0 fully saturated rings. The van der Waals surface area contributed by atoms with Crippen LogP contribution in [0.25, 0.3) is 0 Å². The summed E-state index contributed by atoms with van der Waals surface area (Å²) in [6.45, 7) is 11.4. The molecule has 333 valence electrons. The number of rotatable bonds is 0. The van der Waals surface area contributed by atoms with Crippen LogP contribution in [0.5, 0.6) is 0 Å². The maximum Gasteiger partial charge on any atom is 0.342 e. The zero-order valence-corrected chi connectivity index (χ0v) is 47.3. The second-order valence-corrected chi connectivity index (χ2v) is 11.2. The largest absolute Gasteiger partial charge is 0.479 e. The molecule has 58 heavy (non-hydrogen) atoms. The molecule has 7 rings (SSSR count). The van der Waals surface area contributed by atoms with E-state index in [4.69, 9.17) is 4.74 Å². The normalized spacial score (nSPS) is 13.0. The fraction of sp³-hybridized carbons (Fsp3) is 0.516. The molecule has 5 aliphatic rings. The zero-order chi connectivity index (χ0) is 33.5. The number of carbonyl (C=O) groups excluding carboxylic acids is 1. The minimum Gasteiger partial charge on any atom is -0.479 e. The van der Waals surface area contributed by atoms with Crippen LogP contribution >= 0.6 is 23.7 Å². The average molecular weight is 1120 g/mol. The molecule has 0 saturated heterocycles. The number of aryl methyl sites for hydroxylation is 2. The first-order valence-electron chi connectivity index (χ1n) is 13.8. The smallest absolute Gasteiger partial charge is 0.342 e. The molecule has 18 nitrogen and oxygen atoms in total. The summed E-state index contributed by atoms with van der Waals surface area (Å²) in [6.07, 6.45) is 5.70. The number of hydrogen-bond acceptors (Lipinski definition) is 15. The Balaban J connectivity index is -0.0000000357. The average Bonchev–Trinajstić information content (AvgIpc) is 3.85. The van der Waals surface area contributed by atoms with Gasteiger partial charge in [-0.2, -0.15) is 15.4 Å². The number of tetrazole rings is 1. The first kappa shape index (κ1) is 93.1. The maximum atomic E-state index is 10.4. The fourth-order valence-electron chi connectivity index (χ4n) is 2.63. The summed E-state index contributed by atoms with van der Waals surface area (Å²) >= 11 is 3.52. The summed E-state index contributed by atoms with van der Waals surface area (Å²) in [6, 6.07) is 0. The predicted octanol–water partition coefficient (Wildman–Crippen LogP) is 3.63. The van der Waals surface area contributed by atoms with Crippen LogP contribution in [-0.2, 0) is 158 Å². The number of carbonyl (C=O) groups is 1. The van der Waals surface area contributed by atoms with E-state index in [9.17, 15) is 14.4 Å². The van der Waals surface area contributed by atoms with Crippen LogP contribution in [0.4, 0.5) is 0 Å². The van der Waals surface area contributed by atoms with Crippen molar-refractivity contribution in [3.05, 3.63) is 71.9 Å². The van der Waals surface area contributed by atoms with Gasteiger partial charge in [0.1, 0.15) is 19.5 Å². The molecule has 7 heterocycles. The van der Waals surface area contributed by atoms with Crippen LogP contribution < -0.4 is 16.5 Å². The van der Waals surface area contributed by atoms with Gasteiger partial charge in [0.05, 0.1) is 23.7 Å². The maximum absolute atomic E-state index is 10.4. The Morgan fingerprint density at radius 2 is 1.38 bits per heavy atom. The van der Waals surface area contributed by atoms with Crippen LogP contribution in [0.3, 0.4) is 0 Å². The number of hydrazone groups is 1. The summed E-state index contributed by atoms with van der Waals surface area (Å²) in [5.41, 5.74) is 1.80. The Hall–Kier alpha value is 0.0209. The molecule has 2 aromatic heterocycles. The van der Waals surface area contributed by atoms with Crippen LogP contribution in [0.15, 0.2) is 40.6 Å². The van der Waals surface area contributed by atoms with E-state index >= 15 is 0 Å². The summed E-state index contributed by atoms with van der Waals surface area (Å²) in [5.74, 6) is 3.30. The summed E-state index contributed by atoms with van der Waals surface area (Å²) in [5, 5.41) is 25.0. The second kappa shape index (κ2) is 59.1. The molecule has 0 bridgehead atoms. The number of aromatic amines is 1. The van der Waals surface area contributed by atoms with Crippen LogP contribution in [0, 0.1) is 44.6 Å². The number of nitrogens with one attached hydrogen (secondary N) is 1. The minimum atomic E-state index is -0.417. The Morgan fingerprint density at radius 1 is 0.776 bits per heavy atom. The number of aromatic nitrogens is 7. The molecule has 7 radical (unpaired) electrons. The van der Waals surface area contributed by atoms with E-state index in [1.165, 1.54) is 51.6 Å². The van der Waals surface area contributed by atoms with E-state index in [1.807, 2.05) is 25.6 Å². The van der Waals surface area contributed by atoms with Gasteiger partial charge in [-0.05, 0) is 46.2 Å². The molecular weight excluding hydrogens is 1060 g/mol. The molecule has 1 N–H and O–H groups in total. The summed E-state index contributed by atoms with van der Waals surface area (Å²) in [7, 11) is 4.76. The van der Waals surface area contributed by atoms with E-state index in [-0.39, 0.29) is 186 Å². The number of oxime groups is 1. The standard InChI is InChI=1S/C4H6N2O.2C4H7NO.2C4H7NS.C3H5N3O.C2H4N4O.6CH3.7V/c1-6-4(7)2-3-5-6;1-4-5-2-3-6-4;1-4-2-3-6-5-4;1-4-5-2-3-6-4;1-4-2-3-6-5-4;1-6-2-4-5-3(6)7;1-6-2(7)3-4-5-6;;;;;;;;;;;;;/h3H,2H2,1H3;4*2-3H2,1H3;2H,1H3,(H,5,7);1H3,(H,3,5,7);6*1H3;;;;;;;/q;;;;;;;6*-1;;;;;;;/p-1. The quantitative estimate of drug-likeness (QED) is 0.297. The molecule has 27 heteroatoms. The molecule has 5 aliphatic heterocycles. The van der Waals surface area contributed by atoms with E-state index in [2.05, 4.69) is 69.0 Å². The molecular formula is C31H60N13O5S2V7-7. The van der Waals surface area contributed by atoms with Gasteiger partial charge in [-0.25, -0.2) is 24.4 Å². The SMILES string of the molecule is CC1=NCCO1.CC1=NCCS1.CC1=NOCC1.CC1=NSCC1.CN1N=CCC1=O.Cn1cn[nH]c1=O.Cn1nn[n-]c1=O.[CH3-].[CH3-].[CH3-].[CH3-].[CH3-].[CH3-].[V].[V].[V].[V].[V].[V].[V]. The number of aliphatic imine (C=N–C) groups is 2. The Kier molecular flexibility index (Phi) is 94.9. The Morgan fingerprint density at radius 3 is 1.50 bits per heavy atom. The number of nitrogens with zero attached hydrogens (tertiary/aromatic N) is 12. The summed E-state index contributed by atoms with van der Waals surface area (Å²) < 4.78 is 11.4. The van der Waals surface area contributed by atoms with Crippen molar-refractivity contribution in [1.29, 1.82) is 0 Å². The van der Waals surface area contributed by atoms with Crippen LogP contribution in [-0.4, -0.2) is 114 Å². The monoisotopic (exact) mass is 1120 g/mol. The zero-order valence-electron chi connectivity index (χ0n) is 35.9. The van der Waals surface area contributed by atoms with Gasteiger partial charge in [-0.15, -0.1) is 11.8 Å². The van der Waals surface area contributed by atoms with Gasteiger partial charge in [-0.1, -0.05) is 5.16 Å². The number of amides is 1. The second-order valence-electron chi connectivity index (χ2n) is 9.09. The molecule has 2 aromatic rings. The van der Waals surface area contributed by atoms with Crippen molar-refractivity contribution in [2.45, 2.75) is 47.0 Å². The summed E-state index contributed by atoms with van der Waals surface area (Å²) in [4.78, 5) is 43.5. The predicted molar refractivity (Wildman–Crippen MR) is 217 cm³/mol. The molecule has 0 saturated carbocycles. The van der Waals surface area contributed by atoms with Gasteiger partial charge in [0.2, 0.25) is 11.6 Å². The first-order chi connectivity index (χ1) is 21.5. The van der Waals surface area contributed by atoms with Crippen molar-refractivity contribution in [2.24, 2.45) is 38.7 Å². The minimum absolute atomic E-state index is 0. The van der Waals surface area contributed by atoms with Crippen molar-refractivity contribution < 1.29 is 144 Å². The van der Waals surface area contributed by atoms with E-state index in [1.54, 1.807) is 32.3 Å². The van der Waals surface area contributed by atoms with Gasteiger partial charge in [0.15, 0.2) is 5.90 Å². The van der Waals surface area contributed by atoms with Gasteiger partial charge >= 0.3 is 5.69 Å². The molecule has 0 aromatic carbocycles. The number of H-pyrrole nitrogens is 1. The van der Waals surface area contributed by atoms with Crippen LogP contribution in [0.2, 0.25) is 0 Å². The molecule has 1 amide bonds. The number of ether oxygens (including phenoxy) is 1. The van der Waals surface area contributed by atoms with Gasteiger partial charge < -0.3 is 58.8 Å². The Bertz CT molecular complexity index is 1310. The first-order valence-corrected chi connectivity index (χ1v) is 15.7. The molecule has 0 spiro atoms. The van der Waals surface area contributed by atoms with Crippen molar-refractivity contribution in [2.75, 3.05) is 44.9 Å². The molecule has 0 aliphatic carbocycles. The molecule has 0 unspecified atom stereocenters.